The van der Waals surface area contributed by atoms with Crippen molar-refractivity contribution in [3.8, 4) is 0 Å². The second-order valence-corrected chi connectivity index (χ2v) is 3.96. The number of amides is 1. The lowest BCUT2D eigenvalue weighted by atomic mass is 9.90. The summed E-state index contributed by atoms with van der Waals surface area (Å²) < 4.78 is 4.93. The SMILES string of the molecule is COCCCC1(O)C(=O)Nc2ccccc21. The lowest BCUT2D eigenvalue weighted by molar-refractivity contribution is -0.134. The molecule has 1 unspecified atom stereocenters. The van der Waals surface area contributed by atoms with Gasteiger partial charge in [-0.15, -0.1) is 0 Å². The van der Waals surface area contributed by atoms with Gasteiger partial charge in [0.25, 0.3) is 5.91 Å². The van der Waals surface area contributed by atoms with Gasteiger partial charge in [0.1, 0.15) is 0 Å². The Morgan fingerprint density at radius 2 is 2.19 bits per heavy atom. The summed E-state index contributed by atoms with van der Waals surface area (Å²) in [6.45, 7) is 0.539. The number of anilines is 1. The van der Waals surface area contributed by atoms with E-state index in [0.29, 0.717) is 30.7 Å². The predicted molar refractivity (Wildman–Crippen MR) is 60.1 cm³/mol. The molecular weight excluding hydrogens is 206 g/mol. The second kappa shape index (κ2) is 4.23. The van der Waals surface area contributed by atoms with Gasteiger partial charge in [0.05, 0.1) is 0 Å². The number of benzene rings is 1. The number of fused-ring (bicyclic) bond motifs is 1. The van der Waals surface area contributed by atoms with Gasteiger partial charge in [0.15, 0.2) is 5.60 Å². The van der Waals surface area contributed by atoms with Crippen molar-refractivity contribution in [2.45, 2.75) is 18.4 Å². The number of rotatable bonds is 4. The summed E-state index contributed by atoms with van der Waals surface area (Å²) in [5.74, 6) is -0.343. The Labute approximate surface area is 94.2 Å². The highest BCUT2D eigenvalue weighted by atomic mass is 16.5. The van der Waals surface area contributed by atoms with E-state index in [1.807, 2.05) is 12.1 Å². The molecule has 86 valence electrons. The molecule has 2 rings (SSSR count). The summed E-state index contributed by atoms with van der Waals surface area (Å²) in [6.07, 6.45) is 1.03. The average Bonchev–Trinajstić information content (AvgIpc) is 2.53. The Hall–Kier alpha value is -1.39. The maximum Gasteiger partial charge on any atom is 0.261 e. The van der Waals surface area contributed by atoms with Gasteiger partial charge in [-0.25, -0.2) is 0 Å². The molecule has 0 saturated carbocycles. The largest absolute Gasteiger partial charge is 0.385 e. The van der Waals surface area contributed by atoms with Crippen LogP contribution in [0.3, 0.4) is 0 Å². The second-order valence-electron chi connectivity index (χ2n) is 3.96. The molecule has 0 aliphatic carbocycles. The molecule has 0 bridgehead atoms. The van der Waals surface area contributed by atoms with Crippen LogP contribution in [0, 0.1) is 0 Å². The minimum absolute atomic E-state index is 0.343. The number of hydrogen-bond donors (Lipinski definition) is 2. The lowest BCUT2D eigenvalue weighted by Gasteiger charge is -2.20. The quantitative estimate of drug-likeness (QED) is 0.752. The first-order valence-corrected chi connectivity index (χ1v) is 5.31. The normalized spacial score (nSPS) is 23.0. The van der Waals surface area contributed by atoms with Crippen LogP contribution in [-0.4, -0.2) is 24.7 Å². The minimum Gasteiger partial charge on any atom is -0.385 e. The van der Waals surface area contributed by atoms with Crippen molar-refractivity contribution >= 4 is 11.6 Å². The van der Waals surface area contributed by atoms with Crippen molar-refractivity contribution in [2.24, 2.45) is 0 Å². The Balaban J connectivity index is 2.23. The zero-order valence-electron chi connectivity index (χ0n) is 9.19. The van der Waals surface area contributed by atoms with Crippen LogP contribution >= 0.6 is 0 Å². The van der Waals surface area contributed by atoms with Crippen LogP contribution in [-0.2, 0) is 15.1 Å². The van der Waals surface area contributed by atoms with Crippen LogP contribution in [0.15, 0.2) is 24.3 Å². The van der Waals surface area contributed by atoms with Crippen molar-refractivity contribution in [3.63, 3.8) is 0 Å². The zero-order chi connectivity index (χ0) is 11.6. The highest BCUT2D eigenvalue weighted by molar-refractivity contribution is 6.04. The average molecular weight is 221 g/mol. The monoisotopic (exact) mass is 221 g/mol. The number of methoxy groups -OCH3 is 1. The van der Waals surface area contributed by atoms with E-state index >= 15 is 0 Å². The standard InChI is InChI=1S/C12H15NO3/c1-16-8-4-7-12(15)9-5-2-3-6-10(9)13-11(12)14/h2-3,5-6,15H,4,7-8H2,1H3,(H,13,14). The molecule has 0 spiro atoms. The van der Waals surface area contributed by atoms with Gasteiger partial charge in [-0.2, -0.15) is 0 Å². The van der Waals surface area contributed by atoms with Crippen molar-refractivity contribution in [1.29, 1.82) is 0 Å². The van der Waals surface area contributed by atoms with Crippen molar-refractivity contribution in [1.82, 2.24) is 0 Å². The summed E-state index contributed by atoms with van der Waals surface area (Å²) in [5, 5.41) is 13.1. The van der Waals surface area contributed by atoms with Gasteiger partial charge >= 0.3 is 0 Å². The van der Waals surface area contributed by atoms with Gasteiger partial charge in [-0.3, -0.25) is 4.79 Å². The van der Waals surface area contributed by atoms with Gasteiger partial charge < -0.3 is 15.2 Å². The summed E-state index contributed by atoms with van der Waals surface area (Å²) in [4.78, 5) is 11.7. The molecule has 0 aromatic heterocycles. The number of aliphatic hydroxyl groups is 1. The van der Waals surface area contributed by atoms with Crippen molar-refractivity contribution in [3.05, 3.63) is 29.8 Å². The van der Waals surface area contributed by atoms with Crippen molar-refractivity contribution < 1.29 is 14.6 Å². The number of carbonyl (C=O) groups excluding carboxylic acids is 1. The van der Waals surface area contributed by atoms with E-state index in [2.05, 4.69) is 5.32 Å². The predicted octanol–water partition coefficient (Wildman–Crippen LogP) is 1.25. The Morgan fingerprint density at radius 1 is 1.44 bits per heavy atom. The van der Waals surface area contributed by atoms with Crippen LogP contribution in [0.5, 0.6) is 0 Å². The Morgan fingerprint density at radius 3 is 2.94 bits per heavy atom. The Bertz CT molecular complexity index is 405. The molecule has 2 N–H and O–H groups in total. The first-order chi connectivity index (χ1) is 7.68. The van der Waals surface area contributed by atoms with E-state index in [0.717, 1.165) is 0 Å². The van der Waals surface area contributed by atoms with E-state index in [9.17, 15) is 9.90 Å². The van der Waals surface area contributed by atoms with E-state index in [1.165, 1.54) is 0 Å². The molecule has 1 aliphatic heterocycles. The molecule has 1 aromatic carbocycles. The van der Waals surface area contributed by atoms with E-state index in [1.54, 1.807) is 19.2 Å². The molecule has 1 aromatic rings. The third-order valence-corrected chi connectivity index (χ3v) is 2.88. The van der Waals surface area contributed by atoms with E-state index in [-0.39, 0.29) is 5.91 Å². The van der Waals surface area contributed by atoms with E-state index in [4.69, 9.17) is 4.74 Å². The molecule has 1 heterocycles. The molecule has 1 amide bonds. The van der Waals surface area contributed by atoms with Gasteiger partial charge in [0.2, 0.25) is 0 Å². The molecular formula is C12H15NO3. The maximum atomic E-state index is 11.7. The minimum atomic E-state index is -1.39. The number of carbonyl (C=O) groups is 1. The fourth-order valence-electron chi connectivity index (χ4n) is 2.02. The molecule has 0 fully saturated rings. The van der Waals surface area contributed by atoms with Crippen LogP contribution in [0.25, 0.3) is 0 Å². The number of ether oxygens (including phenoxy) is 1. The smallest absolute Gasteiger partial charge is 0.261 e. The molecule has 16 heavy (non-hydrogen) atoms. The van der Waals surface area contributed by atoms with Gasteiger partial charge in [-0.1, -0.05) is 18.2 Å². The van der Waals surface area contributed by atoms with Crippen LogP contribution < -0.4 is 5.32 Å². The topological polar surface area (TPSA) is 58.6 Å². The fraction of sp³-hybridized carbons (Fsp3) is 0.417. The lowest BCUT2D eigenvalue weighted by Crippen LogP contribution is -2.34. The molecule has 1 aliphatic rings. The third-order valence-electron chi connectivity index (χ3n) is 2.88. The first-order valence-electron chi connectivity index (χ1n) is 5.31. The first kappa shape index (κ1) is 11.1. The summed E-state index contributed by atoms with van der Waals surface area (Å²) in [6, 6.07) is 7.22. The highest BCUT2D eigenvalue weighted by Crippen LogP contribution is 2.38. The number of nitrogens with one attached hydrogen (secondary N) is 1. The Kier molecular flexibility index (Phi) is 2.94. The molecule has 0 radical (unpaired) electrons. The fourth-order valence-corrected chi connectivity index (χ4v) is 2.02. The van der Waals surface area contributed by atoms with Crippen LogP contribution in [0.4, 0.5) is 5.69 Å². The zero-order valence-corrected chi connectivity index (χ0v) is 9.19. The number of para-hydroxylation sites is 1. The molecule has 0 saturated heterocycles. The van der Waals surface area contributed by atoms with Crippen molar-refractivity contribution in [2.75, 3.05) is 19.0 Å². The van der Waals surface area contributed by atoms with Gasteiger partial charge in [-0.05, 0) is 18.9 Å². The summed E-state index contributed by atoms with van der Waals surface area (Å²) in [7, 11) is 1.60. The maximum absolute atomic E-state index is 11.7. The number of hydrogen-bond acceptors (Lipinski definition) is 3. The summed E-state index contributed by atoms with van der Waals surface area (Å²) >= 11 is 0. The van der Waals surface area contributed by atoms with Crippen LogP contribution in [0.2, 0.25) is 0 Å². The summed E-state index contributed by atoms with van der Waals surface area (Å²) in [5.41, 5.74) is -0.0294. The molecule has 1 atom stereocenters. The van der Waals surface area contributed by atoms with E-state index < -0.39 is 5.60 Å². The molecule has 4 nitrogen and oxygen atoms in total. The highest BCUT2D eigenvalue weighted by Gasteiger charge is 2.44. The van der Waals surface area contributed by atoms with Gasteiger partial charge in [0, 0.05) is 25.0 Å². The third kappa shape index (κ3) is 1.70. The van der Waals surface area contributed by atoms with Crippen LogP contribution in [0.1, 0.15) is 18.4 Å². The molecule has 4 heteroatoms.